The van der Waals surface area contributed by atoms with Crippen molar-refractivity contribution in [3.05, 3.63) is 41.3 Å². The van der Waals surface area contributed by atoms with Crippen LogP contribution in [-0.2, 0) is 20.0 Å². The SMILES string of the molecule is CN1CCc2c(cncc2C(=O)Nc2ccnn2C)C1. The van der Waals surface area contributed by atoms with Crippen molar-refractivity contribution in [1.29, 1.82) is 0 Å². The lowest BCUT2D eigenvalue weighted by Gasteiger charge is -2.25. The molecule has 0 spiro atoms. The zero-order valence-electron chi connectivity index (χ0n) is 11.6. The molecule has 20 heavy (non-hydrogen) atoms. The molecular weight excluding hydrogens is 254 g/mol. The van der Waals surface area contributed by atoms with Crippen molar-refractivity contribution in [2.45, 2.75) is 13.0 Å². The minimum Gasteiger partial charge on any atom is -0.307 e. The third-order valence-corrected chi connectivity index (χ3v) is 3.64. The minimum absolute atomic E-state index is 0.123. The number of likely N-dealkylation sites (N-methyl/N-ethyl adjacent to an activating group) is 1. The number of nitrogens with one attached hydrogen (secondary N) is 1. The summed E-state index contributed by atoms with van der Waals surface area (Å²) in [5.74, 6) is 0.558. The van der Waals surface area contributed by atoms with Gasteiger partial charge in [-0.2, -0.15) is 5.10 Å². The van der Waals surface area contributed by atoms with Gasteiger partial charge in [0.2, 0.25) is 0 Å². The minimum atomic E-state index is -0.123. The highest BCUT2D eigenvalue weighted by molar-refractivity contribution is 6.04. The molecule has 6 nitrogen and oxygen atoms in total. The van der Waals surface area contributed by atoms with E-state index in [9.17, 15) is 4.79 Å². The second-order valence-corrected chi connectivity index (χ2v) is 5.11. The Kier molecular flexibility index (Phi) is 3.23. The summed E-state index contributed by atoms with van der Waals surface area (Å²) in [7, 11) is 3.87. The summed E-state index contributed by atoms with van der Waals surface area (Å²) in [6.45, 7) is 1.80. The Morgan fingerprint density at radius 3 is 2.95 bits per heavy atom. The van der Waals surface area contributed by atoms with Gasteiger partial charge in [-0.3, -0.25) is 14.5 Å². The van der Waals surface area contributed by atoms with Crippen molar-refractivity contribution in [3.63, 3.8) is 0 Å². The van der Waals surface area contributed by atoms with Crippen molar-refractivity contribution in [2.24, 2.45) is 7.05 Å². The molecule has 2 aromatic heterocycles. The van der Waals surface area contributed by atoms with E-state index in [-0.39, 0.29) is 5.91 Å². The molecule has 1 aliphatic heterocycles. The van der Waals surface area contributed by atoms with Crippen molar-refractivity contribution in [1.82, 2.24) is 19.7 Å². The number of hydrogen-bond donors (Lipinski definition) is 1. The molecule has 1 amide bonds. The van der Waals surface area contributed by atoms with Gasteiger partial charge in [0, 0.05) is 38.6 Å². The highest BCUT2D eigenvalue weighted by Gasteiger charge is 2.20. The zero-order valence-corrected chi connectivity index (χ0v) is 11.6. The van der Waals surface area contributed by atoms with E-state index < -0.39 is 0 Å². The van der Waals surface area contributed by atoms with Crippen molar-refractivity contribution in [3.8, 4) is 0 Å². The average molecular weight is 271 g/mol. The maximum Gasteiger partial charge on any atom is 0.258 e. The fourth-order valence-electron chi connectivity index (χ4n) is 2.51. The van der Waals surface area contributed by atoms with Crippen molar-refractivity contribution in [2.75, 3.05) is 18.9 Å². The molecule has 1 N–H and O–H groups in total. The number of hydrogen-bond acceptors (Lipinski definition) is 4. The maximum atomic E-state index is 12.4. The second-order valence-electron chi connectivity index (χ2n) is 5.11. The molecule has 6 heteroatoms. The van der Waals surface area contributed by atoms with Crippen LogP contribution >= 0.6 is 0 Å². The number of aromatic nitrogens is 3. The van der Waals surface area contributed by atoms with Gasteiger partial charge in [-0.1, -0.05) is 0 Å². The number of amides is 1. The molecule has 0 saturated carbocycles. The van der Waals surface area contributed by atoms with Crippen molar-refractivity contribution >= 4 is 11.7 Å². The molecule has 1 aliphatic rings. The molecule has 0 radical (unpaired) electrons. The summed E-state index contributed by atoms with van der Waals surface area (Å²) in [5.41, 5.74) is 2.91. The molecular formula is C14H17N5O. The highest BCUT2D eigenvalue weighted by atomic mass is 16.1. The van der Waals surface area contributed by atoms with Crippen molar-refractivity contribution < 1.29 is 4.79 Å². The van der Waals surface area contributed by atoms with Gasteiger partial charge in [0.1, 0.15) is 5.82 Å². The van der Waals surface area contributed by atoms with Crippen LogP contribution in [-0.4, -0.2) is 39.2 Å². The number of anilines is 1. The number of aryl methyl sites for hydroxylation is 1. The average Bonchev–Trinajstić information content (AvgIpc) is 2.83. The predicted octanol–water partition coefficient (Wildman–Crippen LogP) is 1.06. The number of nitrogens with zero attached hydrogens (tertiary/aromatic N) is 4. The van der Waals surface area contributed by atoms with Gasteiger partial charge < -0.3 is 10.2 Å². The highest BCUT2D eigenvalue weighted by Crippen LogP contribution is 2.21. The number of carbonyl (C=O) groups is 1. The van der Waals surface area contributed by atoms with Crippen LogP contribution in [0.2, 0.25) is 0 Å². The Hall–Kier alpha value is -2.21. The Morgan fingerprint density at radius 2 is 2.20 bits per heavy atom. The van der Waals surface area contributed by atoms with Gasteiger partial charge in [-0.25, -0.2) is 0 Å². The summed E-state index contributed by atoms with van der Waals surface area (Å²) >= 11 is 0. The lowest BCUT2D eigenvalue weighted by atomic mass is 9.97. The summed E-state index contributed by atoms with van der Waals surface area (Å²) in [6.07, 6.45) is 6.04. The maximum absolute atomic E-state index is 12.4. The van der Waals surface area contributed by atoms with Gasteiger partial charge in [0.15, 0.2) is 0 Å². The van der Waals surface area contributed by atoms with Crippen LogP contribution in [0.5, 0.6) is 0 Å². The third-order valence-electron chi connectivity index (χ3n) is 3.64. The Labute approximate surface area is 117 Å². The van der Waals surface area contributed by atoms with E-state index in [1.165, 1.54) is 0 Å². The first-order valence-corrected chi connectivity index (χ1v) is 6.59. The quantitative estimate of drug-likeness (QED) is 0.887. The zero-order chi connectivity index (χ0) is 14.1. The van der Waals surface area contributed by atoms with E-state index in [0.29, 0.717) is 11.4 Å². The summed E-state index contributed by atoms with van der Waals surface area (Å²) in [6, 6.07) is 1.77. The summed E-state index contributed by atoms with van der Waals surface area (Å²) in [5, 5.41) is 6.92. The van der Waals surface area contributed by atoms with Gasteiger partial charge >= 0.3 is 0 Å². The van der Waals surface area contributed by atoms with E-state index >= 15 is 0 Å². The molecule has 3 rings (SSSR count). The van der Waals surface area contributed by atoms with Crippen LogP contribution in [0.4, 0.5) is 5.82 Å². The molecule has 0 aliphatic carbocycles. The summed E-state index contributed by atoms with van der Waals surface area (Å²) < 4.78 is 1.63. The van der Waals surface area contributed by atoms with Crippen LogP contribution in [0.15, 0.2) is 24.7 Å². The number of rotatable bonds is 2. The van der Waals surface area contributed by atoms with Gasteiger partial charge in [0.25, 0.3) is 5.91 Å². The van der Waals surface area contributed by atoms with E-state index in [1.807, 2.05) is 6.20 Å². The number of fused-ring (bicyclic) bond motifs is 1. The first-order valence-electron chi connectivity index (χ1n) is 6.59. The van der Waals surface area contributed by atoms with Crippen LogP contribution < -0.4 is 5.32 Å². The molecule has 104 valence electrons. The van der Waals surface area contributed by atoms with Gasteiger partial charge in [-0.15, -0.1) is 0 Å². The smallest absolute Gasteiger partial charge is 0.258 e. The Morgan fingerprint density at radius 1 is 1.35 bits per heavy atom. The largest absolute Gasteiger partial charge is 0.307 e. The molecule has 0 saturated heterocycles. The number of carbonyl (C=O) groups excluding carboxylic acids is 1. The first-order chi connectivity index (χ1) is 9.65. The molecule has 0 unspecified atom stereocenters. The lowest BCUT2D eigenvalue weighted by Crippen LogP contribution is -2.29. The molecule has 0 bridgehead atoms. The predicted molar refractivity (Wildman–Crippen MR) is 75.4 cm³/mol. The van der Waals surface area contributed by atoms with Gasteiger partial charge in [-0.05, 0) is 24.6 Å². The van der Waals surface area contributed by atoms with Gasteiger partial charge in [0.05, 0.1) is 11.8 Å². The topological polar surface area (TPSA) is 63.1 Å². The van der Waals surface area contributed by atoms with E-state index in [1.54, 1.807) is 30.2 Å². The lowest BCUT2D eigenvalue weighted by molar-refractivity contribution is 0.102. The fraction of sp³-hybridized carbons (Fsp3) is 0.357. The number of pyridine rings is 1. The Bertz CT molecular complexity index is 649. The molecule has 0 fully saturated rings. The normalized spacial score (nSPS) is 14.9. The second kappa shape index (κ2) is 5.05. The van der Waals surface area contributed by atoms with E-state index in [2.05, 4.69) is 27.3 Å². The van der Waals surface area contributed by atoms with Crippen LogP contribution in [0.3, 0.4) is 0 Å². The third kappa shape index (κ3) is 2.30. The Balaban J connectivity index is 1.89. The van der Waals surface area contributed by atoms with E-state index in [0.717, 1.165) is 30.6 Å². The first kappa shape index (κ1) is 12.8. The van der Waals surface area contributed by atoms with E-state index in [4.69, 9.17) is 0 Å². The molecule has 3 heterocycles. The van der Waals surface area contributed by atoms with Crippen LogP contribution in [0.25, 0.3) is 0 Å². The fourth-order valence-corrected chi connectivity index (χ4v) is 2.51. The molecule has 0 aromatic carbocycles. The van der Waals surface area contributed by atoms with Crippen LogP contribution in [0.1, 0.15) is 21.5 Å². The summed E-state index contributed by atoms with van der Waals surface area (Å²) in [4.78, 5) is 18.8. The standard InChI is InChI=1S/C14H17N5O/c1-18-6-4-11-10(9-18)7-15-8-12(11)14(20)17-13-3-5-16-19(13)2/h3,5,7-8H,4,6,9H2,1-2H3,(H,17,20). The molecule has 2 aromatic rings. The molecule has 0 atom stereocenters. The van der Waals surface area contributed by atoms with Crippen LogP contribution in [0, 0.1) is 0 Å². The monoisotopic (exact) mass is 271 g/mol.